The van der Waals surface area contributed by atoms with Gasteiger partial charge in [-0.1, -0.05) is 79.7 Å². The molecule has 0 aliphatic rings. The Balaban J connectivity index is 1.83. The first-order chi connectivity index (χ1) is 15.1. The van der Waals surface area contributed by atoms with Gasteiger partial charge in [0.2, 0.25) is 0 Å². The van der Waals surface area contributed by atoms with Crippen molar-refractivity contribution in [1.82, 2.24) is 4.57 Å². The Labute approximate surface area is 183 Å². The third kappa shape index (κ3) is 4.38. The number of phenolic OH excluding ortho intramolecular Hbond substituents is 1. The van der Waals surface area contributed by atoms with Gasteiger partial charge in [-0.05, 0) is 48.1 Å². The topological polar surface area (TPSA) is 54.6 Å². The standard InChI is InChI=1S/C27H28N2O2/c1-19(2)27-26(24(28-31)15-13-20-9-5-3-6-10-20)23-17-22(30)14-16-25(23)29(27)18-21-11-7-4-8-12-21/h3-12,14,16-17,19,24,30H,13,15,18H2,1-2H3. The van der Waals surface area contributed by atoms with Crippen LogP contribution in [0.1, 0.15) is 54.6 Å². The first-order valence-electron chi connectivity index (χ1n) is 10.8. The normalized spacial score (nSPS) is 12.4. The Bertz CT molecular complexity index is 1160. The molecule has 0 saturated heterocycles. The van der Waals surface area contributed by atoms with Crippen molar-refractivity contribution in [3.05, 3.63) is 106 Å². The molecule has 1 aromatic heterocycles. The van der Waals surface area contributed by atoms with E-state index in [-0.39, 0.29) is 11.7 Å². The number of nitrogens with zero attached hydrogens (tertiary/aromatic N) is 2. The number of aromatic hydroxyl groups is 1. The molecule has 31 heavy (non-hydrogen) atoms. The van der Waals surface area contributed by atoms with Gasteiger partial charge >= 0.3 is 0 Å². The molecule has 4 heteroatoms. The lowest BCUT2D eigenvalue weighted by atomic mass is 9.93. The molecule has 4 nitrogen and oxygen atoms in total. The Morgan fingerprint density at radius 2 is 1.55 bits per heavy atom. The molecule has 1 unspecified atom stereocenters. The number of fused-ring (bicyclic) bond motifs is 1. The van der Waals surface area contributed by atoms with Gasteiger partial charge in [-0.2, -0.15) is 4.91 Å². The molecule has 3 aromatic carbocycles. The van der Waals surface area contributed by atoms with Crippen LogP contribution < -0.4 is 0 Å². The van der Waals surface area contributed by atoms with E-state index in [1.54, 1.807) is 12.1 Å². The summed E-state index contributed by atoms with van der Waals surface area (Å²) in [6.45, 7) is 5.01. The van der Waals surface area contributed by atoms with Crippen molar-refractivity contribution in [3.8, 4) is 5.75 Å². The molecule has 0 spiro atoms. The Hall–Kier alpha value is -3.40. The average molecular weight is 413 g/mol. The van der Waals surface area contributed by atoms with Crippen molar-refractivity contribution in [2.75, 3.05) is 0 Å². The maximum atomic E-state index is 12.1. The lowest BCUT2D eigenvalue weighted by molar-refractivity contribution is 0.476. The number of benzene rings is 3. The summed E-state index contributed by atoms with van der Waals surface area (Å²) in [6, 6.07) is 25.5. The zero-order valence-corrected chi connectivity index (χ0v) is 18.0. The van der Waals surface area contributed by atoms with E-state index < -0.39 is 6.04 Å². The summed E-state index contributed by atoms with van der Waals surface area (Å²) < 4.78 is 2.28. The van der Waals surface area contributed by atoms with Crippen molar-refractivity contribution < 1.29 is 5.11 Å². The maximum absolute atomic E-state index is 12.1. The van der Waals surface area contributed by atoms with Crippen LogP contribution in [0.5, 0.6) is 5.75 Å². The quantitative estimate of drug-likeness (QED) is 0.318. The minimum Gasteiger partial charge on any atom is -0.508 e. The number of nitroso groups, excluding NO2 is 1. The Morgan fingerprint density at radius 3 is 2.16 bits per heavy atom. The van der Waals surface area contributed by atoms with Crippen LogP contribution in [-0.4, -0.2) is 9.67 Å². The zero-order chi connectivity index (χ0) is 21.8. The lowest BCUT2D eigenvalue weighted by Crippen LogP contribution is -2.09. The van der Waals surface area contributed by atoms with Crippen LogP contribution in [0.4, 0.5) is 0 Å². The van der Waals surface area contributed by atoms with Crippen LogP contribution in [-0.2, 0) is 13.0 Å². The van der Waals surface area contributed by atoms with Crippen LogP contribution >= 0.6 is 0 Å². The highest BCUT2D eigenvalue weighted by molar-refractivity contribution is 5.88. The average Bonchev–Trinajstić information content (AvgIpc) is 3.09. The molecule has 0 radical (unpaired) electrons. The van der Waals surface area contributed by atoms with Gasteiger partial charge in [-0.3, -0.25) is 0 Å². The van der Waals surface area contributed by atoms with Crippen molar-refractivity contribution in [3.63, 3.8) is 0 Å². The SMILES string of the molecule is CC(C)c1c(C(CCc2ccccc2)N=O)c2cc(O)ccc2n1Cc1ccccc1. The van der Waals surface area contributed by atoms with Crippen molar-refractivity contribution >= 4 is 10.9 Å². The van der Waals surface area contributed by atoms with E-state index in [9.17, 15) is 10.0 Å². The number of aromatic nitrogens is 1. The molecule has 1 atom stereocenters. The third-order valence-electron chi connectivity index (χ3n) is 5.87. The highest BCUT2D eigenvalue weighted by atomic mass is 16.3. The van der Waals surface area contributed by atoms with Crippen LogP contribution in [0.25, 0.3) is 10.9 Å². The summed E-state index contributed by atoms with van der Waals surface area (Å²) in [5.41, 5.74) is 5.47. The fourth-order valence-electron chi connectivity index (χ4n) is 4.50. The summed E-state index contributed by atoms with van der Waals surface area (Å²) in [6.07, 6.45) is 1.41. The second kappa shape index (κ2) is 9.17. The van der Waals surface area contributed by atoms with Gasteiger partial charge in [0.1, 0.15) is 11.8 Å². The predicted octanol–water partition coefficient (Wildman–Crippen LogP) is 6.96. The Morgan fingerprint density at radius 1 is 0.903 bits per heavy atom. The van der Waals surface area contributed by atoms with Gasteiger partial charge in [0.05, 0.1) is 0 Å². The van der Waals surface area contributed by atoms with Gasteiger partial charge in [0.25, 0.3) is 0 Å². The van der Waals surface area contributed by atoms with Gasteiger partial charge in [0.15, 0.2) is 0 Å². The fraction of sp³-hybridized carbons (Fsp3) is 0.259. The number of rotatable bonds is 8. The van der Waals surface area contributed by atoms with Gasteiger partial charge in [0, 0.05) is 28.7 Å². The molecule has 0 bridgehead atoms. The summed E-state index contributed by atoms with van der Waals surface area (Å²) in [7, 11) is 0. The molecule has 4 aromatic rings. The number of aryl methyl sites for hydroxylation is 1. The number of hydrogen-bond donors (Lipinski definition) is 1. The van der Waals surface area contributed by atoms with Crippen molar-refractivity contribution in [2.24, 2.45) is 5.18 Å². The summed E-state index contributed by atoms with van der Waals surface area (Å²) in [4.78, 5) is 12.1. The van der Waals surface area contributed by atoms with Crippen LogP contribution in [0, 0.1) is 4.91 Å². The number of hydrogen-bond acceptors (Lipinski definition) is 3. The van der Waals surface area contributed by atoms with Crippen molar-refractivity contribution in [1.29, 1.82) is 0 Å². The third-order valence-corrected chi connectivity index (χ3v) is 5.87. The highest BCUT2D eigenvalue weighted by Crippen LogP contribution is 2.40. The zero-order valence-electron chi connectivity index (χ0n) is 18.0. The molecule has 1 N–H and O–H groups in total. The fourth-order valence-corrected chi connectivity index (χ4v) is 4.50. The molecule has 0 amide bonds. The van der Waals surface area contributed by atoms with Gasteiger partial charge < -0.3 is 9.67 Å². The van der Waals surface area contributed by atoms with E-state index in [1.807, 2.05) is 42.5 Å². The smallest absolute Gasteiger partial charge is 0.120 e. The minimum absolute atomic E-state index is 0.202. The highest BCUT2D eigenvalue weighted by Gasteiger charge is 2.26. The predicted molar refractivity (Wildman–Crippen MR) is 127 cm³/mol. The summed E-state index contributed by atoms with van der Waals surface area (Å²) in [5.74, 6) is 0.405. The van der Waals surface area contributed by atoms with E-state index >= 15 is 0 Å². The molecular weight excluding hydrogens is 384 g/mol. The summed E-state index contributed by atoms with van der Waals surface area (Å²) >= 11 is 0. The largest absolute Gasteiger partial charge is 0.508 e. The first-order valence-corrected chi connectivity index (χ1v) is 10.8. The monoisotopic (exact) mass is 412 g/mol. The molecule has 4 rings (SSSR count). The van der Waals surface area contributed by atoms with Crippen molar-refractivity contribution in [2.45, 2.75) is 45.2 Å². The van der Waals surface area contributed by atoms with E-state index in [2.05, 4.69) is 47.9 Å². The van der Waals surface area contributed by atoms with E-state index in [0.717, 1.165) is 28.6 Å². The molecular formula is C27H28N2O2. The minimum atomic E-state index is -0.473. The molecule has 0 aliphatic heterocycles. The molecule has 0 fully saturated rings. The molecule has 158 valence electrons. The van der Waals surface area contributed by atoms with E-state index in [4.69, 9.17) is 0 Å². The van der Waals surface area contributed by atoms with E-state index in [1.165, 1.54) is 11.1 Å². The summed E-state index contributed by atoms with van der Waals surface area (Å²) in [5, 5.41) is 14.7. The van der Waals surface area contributed by atoms with Gasteiger partial charge in [-0.15, -0.1) is 0 Å². The van der Waals surface area contributed by atoms with Crippen LogP contribution in [0.15, 0.2) is 84.0 Å². The lowest BCUT2D eigenvalue weighted by Gasteiger charge is -2.18. The first kappa shape index (κ1) is 20.9. The molecule has 1 heterocycles. The van der Waals surface area contributed by atoms with Crippen LogP contribution in [0.3, 0.4) is 0 Å². The van der Waals surface area contributed by atoms with E-state index in [0.29, 0.717) is 13.0 Å². The van der Waals surface area contributed by atoms with Crippen LogP contribution in [0.2, 0.25) is 0 Å². The maximum Gasteiger partial charge on any atom is 0.120 e. The second-order valence-electron chi connectivity index (χ2n) is 8.37. The second-order valence-corrected chi connectivity index (χ2v) is 8.37. The Kier molecular flexibility index (Phi) is 6.17. The number of phenols is 1. The molecule has 0 aliphatic carbocycles. The van der Waals surface area contributed by atoms with Gasteiger partial charge in [-0.25, -0.2) is 0 Å². The molecule has 0 saturated carbocycles.